The van der Waals surface area contributed by atoms with E-state index in [-0.39, 0.29) is 11.9 Å². The number of rotatable bonds is 5. The summed E-state index contributed by atoms with van der Waals surface area (Å²) in [5.41, 5.74) is 1.10. The van der Waals surface area contributed by atoms with Crippen LogP contribution in [0, 0.1) is 0 Å². The van der Waals surface area contributed by atoms with Gasteiger partial charge < -0.3 is 15.5 Å². The van der Waals surface area contributed by atoms with Gasteiger partial charge in [0.15, 0.2) is 0 Å². The summed E-state index contributed by atoms with van der Waals surface area (Å²) in [5.74, 6) is 0.131. The highest BCUT2D eigenvalue weighted by molar-refractivity contribution is 5.88. The first-order chi connectivity index (χ1) is 8.33. The molecule has 0 saturated carbocycles. The molecule has 4 nitrogen and oxygen atoms in total. The van der Waals surface area contributed by atoms with Crippen molar-refractivity contribution in [1.29, 1.82) is 0 Å². The Morgan fingerprint density at radius 3 is 2.88 bits per heavy atom. The van der Waals surface area contributed by atoms with Crippen LogP contribution in [0.2, 0.25) is 0 Å². The summed E-state index contributed by atoms with van der Waals surface area (Å²) in [7, 11) is 0. The zero-order valence-electron chi connectivity index (χ0n) is 10.1. The molecule has 1 atom stereocenters. The quantitative estimate of drug-likeness (QED) is 0.744. The molecule has 1 fully saturated rings. The maximum Gasteiger partial charge on any atom is 0.244 e. The number of hydrogen-bond donors (Lipinski definition) is 2. The zero-order valence-corrected chi connectivity index (χ0v) is 10.1. The van der Waals surface area contributed by atoms with E-state index in [1.54, 1.807) is 0 Å². The lowest BCUT2D eigenvalue weighted by Crippen LogP contribution is -2.36. The molecule has 1 saturated heterocycles. The second kappa shape index (κ2) is 5.68. The van der Waals surface area contributed by atoms with Crippen molar-refractivity contribution in [2.24, 2.45) is 0 Å². The number of carbonyl (C=O) groups is 1. The Balaban J connectivity index is 2.03. The van der Waals surface area contributed by atoms with Crippen LogP contribution in [0.3, 0.4) is 0 Å². The lowest BCUT2D eigenvalue weighted by Gasteiger charge is -2.23. The van der Waals surface area contributed by atoms with Gasteiger partial charge in [0.2, 0.25) is 5.91 Å². The van der Waals surface area contributed by atoms with Gasteiger partial charge in [0.1, 0.15) is 6.04 Å². The molecule has 0 aromatic heterocycles. The van der Waals surface area contributed by atoms with Crippen molar-refractivity contribution in [2.45, 2.75) is 19.4 Å². The summed E-state index contributed by atoms with van der Waals surface area (Å²) < 4.78 is 0. The molecule has 0 spiro atoms. The largest absolute Gasteiger partial charge is 0.342 e. The lowest BCUT2D eigenvalue weighted by atomic mass is 10.1. The molecule has 0 bridgehead atoms. The molecule has 2 N–H and O–H groups in total. The monoisotopic (exact) mass is 233 g/mol. The fraction of sp³-hybridized carbons (Fsp3) is 0.462. The molecule has 92 valence electrons. The summed E-state index contributed by atoms with van der Waals surface area (Å²) in [6.45, 7) is 4.50. The van der Waals surface area contributed by atoms with Gasteiger partial charge >= 0.3 is 0 Å². The van der Waals surface area contributed by atoms with Crippen molar-refractivity contribution < 1.29 is 4.79 Å². The predicted molar refractivity (Wildman–Crippen MR) is 68.9 cm³/mol. The molecule has 0 aliphatic carbocycles. The van der Waals surface area contributed by atoms with Gasteiger partial charge in [-0.15, -0.1) is 0 Å². The van der Waals surface area contributed by atoms with Gasteiger partial charge in [0, 0.05) is 5.69 Å². The third kappa shape index (κ3) is 2.77. The first-order valence-electron chi connectivity index (χ1n) is 6.13. The van der Waals surface area contributed by atoms with E-state index in [9.17, 15) is 4.79 Å². The van der Waals surface area contributed by atoms with Crippen LogP contribution in [-0.2, 0) is 4.79 Å². The summed E-state index contributed by atoms with van der Waals surface area (Å²) in [5, 5.41) is 6.17. The Morgan fingerprint density at radius 1 is 1.41 bits per heavy atom. The van der Waals surface area contributed by atoms with Gasteiger partial charge in [-0.05, 0) is 31.6 Å². The van der Waals surface area contributed by atoms with Crippen molar-refractivity contribution in [3.05, 3.63) is 30.3 Å². The average Bonchev–Trinajstić information content (AvgIpc) is 2.73. The third-order valence-electron chi connectivity index (χ3n) is 3.03. The van der Waals surface area contributed by atoms with E-state index in [1.807, 2.05) is 30.3 Å². The maximum atomic E-state index is 11.8. The number of hydrogen-bond acceptors (Lipinski definition) is 3. The number of benzene rings is 1. The normalized spacial score (nSPS) is 19.5. The molecule has 1 aliphatic rings. The van der Waals surface area contributed by atoms with E-state index in [2.05, 4.69) is 22.5 Å². The maximum absolute atomic E-state index is 11.8. The van der Waals surface area contributed by atoms with E-state index in [0.29, 0.717) is 6.67 Å². The smallest absolute Gasteiger partial charge is 0.244 e. The minimum atomic E-state index is -0.0450. The number of amides is 1. The highest BCUT2D eigenvalue weighted by atomic mass is 16.2. The van der Waals surface area contributed by atoms with Crippen molar-refractivity contribution in [3.63, 3.8) is 0 Å². The summed E-state index contributed by atoms with van der Waals surface area (Å²) in [6, 6.07) is 10.0. The molecule has 1 aliphatic heterocycles. The summed E-state index contributed by atoms with van der Waals surface area (Å²) in [4.78, 5) is 13.9. The van der Waals surface area contributed by atoms with E-state index < -0.39 is 0 Å². The number of para-hydroxylation sites is 1. The van der Waals surface area contributed by atoms with Gasteiger partial charge in [-0.3, -0.25) is 4.79 Å². The second-order valence-corrected chi connectivity index (χ2v) is 4.16. The van der Waals surface area contributed by atoms with Crippen LogP contribution in [-0.4, -0.2) is 31.7 Å². The molecule has 1 unspecified atom stereocenters. The van der Waals surface area contributed by atoms with Gasteiger partial charge in [-0.1, -0.05) is 25.1 Å². The van der Waals surface area contributed by atoms with Crippen LogP contribution < -0.4 is 15.5 Å². The number of carbonyl (C=O) groups excluding carboxylic acids is 1. The molecule has 2 rings (SSSR count). The molecular weight excluding hydrogens is 214 g/mol. The van der Waals surface area contributed by atoms with Crippen LogP contribution in [0.1, 0.15) is 13.3 Å². The van der Waals surface area contributed by atoms with Crippen LogP contribution in [0.15, 0.2) is 30.3 Å². The Bertz CT molecular complexity index is 366. The van der Waals surface area contributed by atoms with E-state index in [4.69, 9.17) is 0 Å². The number of nitrogens with zero attached hydrogens (tertiary/aromatic N) is 1. The van der Waals surface area contributed by atoms with Crippen molar-refractivity contribution in [2.75, 3.05) is 24.7 Å². The van der Waals surface area contributed by atoms with E-state index in [0.717, 1.165) is 25.2 Å². The fourth-order valence-electron chi connectivity index (χ4n) is 2.13. The first kappa shape index (κ1) is 11.9. The molecule has 0 radical (unpaired) electrons. The van der Waals surface area contributed by atoms with Crippen molar-refractivity contribution in [1.82, 2.24) is 10.6 Å². The second-order valence-electron chi connectivity index (χ2n) is 4.16. The minimum absolute atomic E-state index is 0.0450. The van der Waals surface area contributed by atoms with E-state index >= 15 is 0 Å². The van der Waals surface area contributed by atoms with Gasteiger partial charge in [0.05, 0.1) is 6.67 Å². The molecule has 4 heteroatoms. The molecule has 1 heterocycles. The Labute approximate surface area is 102 Å². The van der Waals surface area contributed by atoms with Gasteiger partial charge in [-0.25, -0.2) is 0 Å². The molecule has 17 heavy (non-hydrogen) atoms. The zero-order chi connectivity index (χ0) is 12.1. The van der Waals surface area contributed by atoms with Gasteiger partial charge in [0.25, 0.3) is 0 Å². The molecule has 1 aromatic rings. The Morgan fingerprint density at radius 2 is 2.18 bits per heavy atom. The van der Waals surface area contributed by atoms with Crippen molar-refractivity contribution in [3.8, 4) is 0 Å². The molecule has 1 amide bonds. The molecule has 1 aromatic carbocycles. The lowest BCUT2D eigenvalue weighted by molar-refractivity contribution is -0.120. The highest BCUT2D eigenvalue weighted by Crippen LogP contribution is 2.20. The number of nitrogens with one attached hydrogen (secondary N) is 2. The summed E-state index contributed by atoms with van der Waals surface area (Å²) >= 11 is 0. The van der Waals surface area contributed by atoms with Crippen LogP contribution in [0.25, 0.3) is 0 Å². The van der Waals surface area contributed by atoms with Crippen molar-refractivity contribution >= 4 is 11.6 Å². The summed E-state index contributed by atoms with van der Waals surface area (Å²) in [6.07, 6.45) is 0.842. The standard InChI is InChI=1S/C13H19N3O/c1-2-14-9-8-12-13(17)15-10-16(12)11-6-4-3-5-7-11/h3-7,12,14H,2,8-10H2,1H3,(H,15,17). The average molecular weight is 233 g/mol. The number of anilines is 1. The van der Waals surface area contributed by atoms with Crippen LogP contribution in [0.4, 0.5) is 5.69 Å². The van der Waals surface area contributed by atoms with Crippen LogP contribution >= 0.6 is 0 Å². The highest BCUT2D eigenvalue weighted by Gasteiger charge is 2.31. The van der Waals surface area contributed by atoms with Gasteiger partial charge in [-0.2, -0.15) is 0 Å². The SMILES string of the molecule is CCNCCC1C(=O)NCN1c1ccccc1. The topological polar surface area (TPSA) is 44.4 Å². The van der Waals surface area contributed by atoms with Crippen LogP contribution in [0.5, 0.6) is 0 Å². The fourth-order valence-corrected chi connectivity index (χ4v) is 2.13. The van der Waals surface area contributed by atoms with E-state index in [1.165, 1.54) is 0 Å². The first-order valence-corrected chi connectivity index (χ1v) is 6.13. The third-order valence-corrected chi connectivity index (χ3v) is 3.03. The predicted octanol–water partition coefficient (Wildman–Crippen LogP) is 0.948. The Kier molecular flexibility index (Phi) is 3.98. The molecular formula is C13H19N3O. The minimum Gasteiger partial charge on any atom is -0.342 e. The Hall–Kier alpha value is -1.55.